The predicted molar refractivity (Wildman–Crippen MR) is 57.5 cm³/mol. The van der Waals surface area contributed by atoms with Crippen LogP contribution in [-0.4, -0.2) is 31.7 Å². The number of carboxylic acids is 1. The molecule has 1 aromatic carbocycles. The maximum absolute atomic E-state index is 9.24. The summed E-state index contributed by atoms with van der Waals surface area (Å²) in [6.07, 6.45) is 0. The van der Waals surface area contributed by atoms with E-state index in [-0.39, 0.29) is 6.54 Å². The smallest absolute Gasteiger partial charge is 0.317 e. The number of carboxylic acid groups (broad SMARTS) is 1. The number of hydrogen-bond donors (Lipinski definition) is 2. The standard InChI is InChI=1S/C8H11N.C2H5NO2/c1-9(2)8-6-4-3-5-7-8;3-1-2(4)5/h3-7H,1-2H3;1,3H2,(H,4,5). The van der Waals surface area contributed by atoms with Gasteiger partial charge in [0, 0.05) is 19.8 Å². The summed E-state index contributed by atoms with van der Waals surface area (Å²) in [4.78, 5) is 11.3. The first kappa shape index (κ1) is 12.4. The highest BCUT2D eigenvalue weighted by Gasteiger charge is 1.87. The molecular formula is C10H16N2O2. The van der Waals surface area contributed by atoms with Gasteiger partial charge in [-0.1, -0.05) is 18.2 Å². The molecule has 0 saturated carbocycles. The van der Waals surface area contributed by atoms with Crippen LogP contribution in [0, 0.1) is 0 Å². The van der Waals surface area contributed by atoms with Gasteiger partial charge in [0.05, 0.1) is 6.54 Å². The van der Waals surface area contributed by atoms with Crippen molar-refractivity contribution in [3.63, 3.8) is 0 Å². The largest absolute Gasteiger partial charge is 0.480 e. The lowest BCUT2D eigenvalue weighted by Crippen LogP contribution is -2.10. The van der Waals surface area contributed by atoms with E-state index >= 15 is 0 Å². The molecule has 0 radical (unpaired) electrons. The molecule has 0 bridgehead atoms. The first-order valence-corrected chi connectivity index (χ1v) is 4.22. The number of anilines is 1. The van der Waals surface area contributed by atoms with Crippen LogP contribution in [0.2, 0.25) is 0 Å². The summed E-state index contributed by atoms with van der Waals surface area (Å²) in [5.74, 6) is -0.968. The molecule has 0 saturated heterocycles. The molecule has 0 unspecified atom stereocenters. The van der Waals surface area contributed by atoms with Gasteiger partial charge in [-0.05, 0) is 12.1 Å². The highest BCUT2D eigenvalue weighted by Crippen LogP contribution is 2.07. The van der Waals surface area contributed by atoms with E-state index < -0.39 is 5.97 Å². The third kappa shape index (κ3) is 6.02. The number of nitrogens with two attached hydrogens (primary N) is 1. The maximum Gasteiger partial charge on any atom is 0.317 e. The quantitative estimate of drug-likeness (QED) is 0.733. The van der Waals surface area contributed by atoms with Crippen LogP contribution in [0.1, 0.15) is 0 Å². The van der Waals surface area contributed by atoms with Crippen LogP contribution in [-0.2, 0) is 4.79 Å². The van der Waals surface area contributed by atoms with E-state index in [2.05, 4.69) is 22.8 Å². The fraction of sp³-hybridized carbons (Fsp3) is 0.300. The lowest BCUT2D eigenvalue weighted by atomic mass is 10.3. The van der Waals surface area contributed by atoms with Crippen LogP contribution in [0.5, 0.6) is 0 Å². The van der Waals surface area contributed by atoms with Gasteiger partial charge < -0.3 is 15.7 Å². The number of benzene rings is 1. The van der Waals surface area contributed by atoms with Crippen LogP contribution in [0.4, 0.5) is 5.69 Å². The molecule has 0 amide bonds. The van der Waals surface area contributed by atoms with Crippen LogP contribution in [0.25, 0.3) is 0 Å². The Balaban J connectivity index is 0.000000292. The SMILES string of the molecule is CN(C)c1ccccc1.NCC(=O)O. The molecule has 4 heteroatoms. The van der Waals surface area contributed by atoms with Crippen molar-refractivity contribution in [1.29, 1.82) is 0 Å². The van der Waals surface area contributed by atoms with Crippen molar-refractivity contribution in [3.8, 4) is 0 Å². The maximum atomic E-state index is 9.24. The molecule has 0 aliphatic heterocycles. The Morgan fingerprint density at radius 1 is 1.36 bits per heavy atom. The second-order valence-corrected chi connectivity index (χ2v) is 2.83. The summed E-state index contributed by atoms with van der Waals surface area (Å²) in [7, 11) is 4.07. The van der Waals surface area contributed by atoms with Crippen LogP contribution in [0.3, 0.4) is 0 Å². The Kier molecular flexibility index (Phi) is 6.15. The normalized spacial score (nSPS) is 8.50. The Morgan fingerprint density at radius 2 is 1.79 bits per heavy atom. The van der Waals surface area contributed by atoms with E-state index in [1.807, 2.05) is 32.3 Å². The molecule has 3 N–H and O–H groups in total. The third-order valence-electron chi connectivity index (χ3n) is 1.45. The van der Waals surface area contributed by atoms with Gasteiger partial charge in [0.25, 0.3) is 0 Å². The molecule has 0 heterocycles. The Labute approximate surface area is 84.0 Å². The third-order valence-corrected chi connectivity index (χ3v) is 1.45. The van der Waals surface area contributed by atoms with E-state index in [4.69, 9.17) is 5.11 Å². The first-order chi connectivity index (χ1) is 6.57. The Hall–Kier alpha value is -1.55. The summed E-state index contributed by atoms with van der Waals surface area (Å²) in [6, 6.07) is 10.3. The van der Waals surface area contributed by atoms with Crippen molar-refractivity contribution >= 4 is 11.7 Å². The lowest BCUT2D eigenvalue weighted by molar-refractivity contribution is -0.135. The molecule has 4 nitrogen and oxygen atoms in total. The number of hydrogen-bond acceptors (Lipinski definition) is 3. The summed E-state index contributed by atoms with van der Waals surface area (Å²) >= 11 is 0. The molecule has 0 atom stereocenters. The van der Waals surface area contributed by atoms with Gasteiger partial charge in [-0.2, -0.15) is 0 Å². The lowest BCUT2D eigenvalue weighted by Gasteiger charge is -2.10. The van der Waals surface area contributed by atoms with Crippen LogP contribution >= 0.6 is 0 Å². The monoisotopic (exact) mass is 196 g/mol. The van der Waals surface area contributed by atoms with Crippen molar-refractivity contribution in [2.75, 3.05) is 25.5 Å². The molecular weight excluding hydrogens is 180 g/mol. The average molecular weight is 196 g/mol. The zero-order valence-electron chi connectivity index (χ0n) is 8.47. The predicted octanol–water partition coefficient (Wildman–Crippen LogP) is 0.782. The van der Waals surface area contributed by atoms with E-state index in [0.29, 0.717) is 0 Å². The van der Waals surface area contributed by atoms with Crippen molar-refractivity contribution in [1.82, 2.24) is 0 Å². The molecule has 0 fully saturated rings. The summed E-state index contributed by atoms with van der Waals surface area (Å²) in [6.45, 7) is -0.278. The molecule has 1 aromatic rings. The van der Waals surface area contributed by atoms with Crippen molar-refractivity contribution in [2.45, 2.75) is 0 Å². The van der Waals surface area contributed by atoms with Gasteiger partial charge in [0.2, 0.25) is 0 Å². The zero-order chi connectivity index (χ0) is 11.0. The van der Waals surface area contributed by atoms with E-state index in [0.717, 1.165) is 0 Å². The second kappa shape index (κ2) is 6.91. The molecule has 0 aliphatic rings. The number of carbonyl (C=O) groups is 1. The van der Waals surface area contributed by atoms with Gasteiger partial charge in [0.1, 0.15) is 0 Å². The fourth-order valence-corrected chi connectivity index (χ4v) is 0.726. The highest BCUT2D eigenvalue weighted by molar-refractivity contribution is 5.68. The minimum Gasteiger partial charge on any atom is -0.480 e. The van der Waals surface area contributed by atoms with Crippen molar-refractivity contribution < 1.29 is 9.90 Å². The molecule has 0 spiro atoms. The summed E-state index contributed by atoms with van der Waals surface area (Å²) in [5.41, 5.74) is 5.82. The first-order valence-electron chi connectivity index (χ1n) is 4.22. The average Bonchev–Trinajstić information content (AvgIpc) is 2.20. The van der Waals surface area contributed by atoms with Gasteiger partial charge >= 0.3 is 5.97 Å². The highest BCUT2D eigenvalue weighted by atomic mass is 16.4. The summed E-state index contributed by atoms with van der Waals surface area (Å²) < 4.78 is 0. The minimum atomic E-state index is -0.968. The number of aliphatic carboxylic acids is 1. The zero-order valence-corrected chi connectivity index (χ0v) is 8.47. The van der Waals surface area contributed by atoms with Gasteiger partial charge in [-0.25, -0.2) is 0 Å². The minimum absolute atomic E-state index is 0.278. The fourth-order valence-electron chi connectivity index (χ4n) is 0.726. The molecule has 0 aliphatic carbocycles. The van der Waals surface area contributed by atoms with Crippen LogP contribution in [0.15, 0.2) is 30.3 Å². The summed E-state index contributed by atoms with van der Waals surface area (Å²) in [5, 5.41) is 7.60. The van der Waals surface area contributed by atoms with Crippen molar-refractivity contribution in [3.05, 3.63) is 30.3 Å². The van der Waals surface area contributed by atoms with Gasteiger partial charge in [-0.3, -0.25) is 4.79 Å². The van der Waals surface area contributed by atoms with E-state index in [9.17, 15) is 4.79 Å². The van der Waals surface area contributed by atoms with Crippen molar-refractivity contribution in [2.24, 2.45) is 5.73 Å². The Bertz CT molecular complexity index is 260. The topological polar surface area (TPSA) is 66.6 Å². The van der Waals surface area contributed by atoms with Crippen LogP contribution < -0.4 is 10.6 Å². The second-order valence-electron chi connectivity index (χ2n) is 2.83. The number of rotatable bonds is 2. The number of nitrogens with zero attached hydrogens (tertiary/aromatic N) is 1. The van der Waals surface area contributed by atoms with Gasteiger partial charge in [-0.15, -0.1) is 0 Å². The number of para-hydroxylation sites is 1. The molecule has 0 aromatic heterocycles. The van der Waals surface area contributed by atoms with E-state index in [1.165, 1.54) is 5.69 Å². The Morgan fingerprint density at radius 3 is 2.00 bits per heavy atom. The van der Waals surface area contributed by atoms with Gasteiger partial charge in [0.15, 0.2) is 0 Å². The van der Waals surface area contributed by atoms with E-state index in [1.54, 1.807) is 0 Å². The molecule has 78 valence electrons. The molecule has 14 heavy (non-hydrogen) atoms. The molecule has 1 rings (SSSR count).